The summed E-state index contributed by atoms with van der Waals surface area (Å²) in [6.45, 7) is 1.06. The molecule has 0 aliphatic heterocycles. The number of nitrogens with one attached hydrogen (secondary N) is 1. The first-order valence-corrected chi connectivity index (χ1v) is 9.08. The number of benzene rings is 2. The Kier molecular flexibility index (Phi) is 5.07. The van der Waals surface area contributed by atoms with Gasteiger partial charge in [0.25, 0.3) is 11.5 Å². The van der Waals surface area contributed by atoms with E-state index in [0.29, 0.717) is 35.4 Å². The van der Waals surface area contributed by atoms with Crippen LogP contribution in [0.2, 0.25) is 0 Å². The average molecular weight is 389 g/mol. The normalized spacial score (nSPS) is 10.8. The number of para-hydroxylation sites is 2. The van der Waals surface area contributed by atoms with Gasteiger partial charge in [-0.25, -0.2) is 9.67 Å². The first-order valence-electron chi connectivity index (χ1n) is 9.08. The Balaban J connectivity index is 1.57. The van der Waals surface area contributed by atoms with Crippen molar-refractivity contribution in [2.24, 2.45) is 7.05 Å². The molecule has 0 atom stereocenters. The first kappa shape index (κ1) is 18.4. The maximum Gasteiger partial charge on any atom is 0.276 e. The molecule has 4 aromatic rings. The van der Waals surface area contributed by atoms with E-state index in [9.17, 15) is 9.59 Å². The number of anilines is 1. The second-order valence-corrected chi connectivity index (χ2v) is 6.42. The van der Waals surface area contributed by atoms with Crippen LogP contribution in [0.1, 0.15) is 10.5 Å². The smallest absolute Gasteiger partial charge is 0.276 e. The fourth-order valence-corrected chi connectivity index (χ4v) is 3.02. The number of carbonyl (C=O) groups excluding carboxylic acids is 1. The summed E-state index contributed by atoms with van der Waals surface area (Å²) >= 11 is 0. The molecule has 1 N–H and O–H groups in total. The molecule has 0 saturated heterocycles. The Morgan fingerprint density at radius 2 is 1.86 bits per heavy atom. The first-order chi connectivity index (χ1) is 14.1. The van der Waals surface area contributed by atoms with E-state index in [1.165, 1.54) is 11.7 Å². The van der Waals surface area contributed by atoms with Gasteiger partial charge < -0.3 is 14.6 Å². The molecule has 1 amide bonds. The molecule has 8 nitrogen and oxygen atoms in total. The average Bonchev–Trinajstić information content (AvgIpc) is 3.25. The Bertz CT molecular complexity index is 1210. The molecule has 2 aromatic carbocycles. The lowest BCUT2D eigenvalue weighted by Crippen LogP contribution is -2.25. The van der Waals surface area contributed by atoms with E-state index in [0.717, 1.165) is 0 Å². The van der Waals surface area contributed by atoms with Crippen molar-refractivity contribution in [1.29, 1.82) is 0 Å². The highest BCUT2D eigenvalue weighted by atomic mass is 16.5. The minimum absolute atomic E-state index is 0.177. The van der Waals surface area contributed by atoms with E-state index in [-0.39, 0.29) is 11.3 Å². The summed E-state index contributed by atoms with van der Waals surface area (Å²) in [4.78, 5) is 29.2. The quantitative estimate of drug-likeness (QED) is 0.547. The van der Waals surface area contributed by atoms with Crippen LogP contribution in [0.25, 0.3) is 10.8 Å². The van der Waals surface area contributed by atoms with E-state index in [2.05, 4.69) is 15.4 Å². The van der Waals surface area contributed by atoms with Crippen LogP contribution in [-0.4, -0.2) is 31.8 Å². The van der Waals surface area contributed by atoms with Crippen molar-refractivity contribution in [3.05, 3.63) is 83.3 Å². The number of rotatable bonds is 6. The van der Waals surface area contributed by atoms with Crippen LogP contribution in [0.15, 0.2) is 72.0 Å². The summed E-state index contributed by atoms with van der Waals surface area (Å²) in [5.41, 5.74) is 0.458. The SMILES string of the molecule is Cn1nc(C(=O)Nc2ccccc2OCCn2ccnc2)c2ccccc2c1=O. The van der Waals surface area contributed by atoms with Crippen molar-refractivity contribution in [2.75, 3.05) is 11.9 Å². The maximum atomic E-state index is 12.9. The Labute approximate surface area is 166 Å². The number of carbonyl (C=O) groups is 1. The van der Waals surface area contributed by atoms with Crippen LogP contribution in [0.5, 0.6) is 5.75 Å². The van der Waals surface area contributed by atoms with E-state index in [4.69, 9.17) is 4.74 Å². The van der Waals surface area contributed by atoms with Crippen molar-refractivity contribution in [1.82, 2.24) is 19.3 Å². The molecular formula is C21H19N5O3. The molecule has 0 bridgehead atoms. The molecule has 2 aromatic heterocycles. The van der Waals surface area contributed by atoms with Gasteiger partial charge in [-0.3, -0.25) is 9.59 Å². The molecule has 2 heterocycles. The van der Waals surface area contributed by atoms with Crippen molar-refractivity contribution < 1.29 is 9.53 Å². The molecular weight excluding hydrogens is 370 g/mol. The summed E-state index contributed by atoms with van der Waals surface area (Å²) in [5, 5.41) is 7.96. The third-order valence-corrected chi connectivity index (χ3v) is 4.47. The molecule has 0 aliphatic carbocycles. The number of aromatic nitrogens is 4. The summed E-state index contributed by atoms with van der Waals surface area (Å²) in [6.07, 6.45) is 5.28. The van der Waals surface area contributed by atoms with Gasteiger partial charge in [-0.05, 0) is 18.2 Å². The van der Waals surface area contributed by atoms with Gasteiger partial charge in [0, 0.05) is 24.8 Å². The van der Waals surface area contributed by atoms with Crippen molar-refractivity contribution in [2.45, 2.75) is 6.54 Å². The summed E-state index contributed by atoms with van der Waals surface area (Å²) < 4.78 is 8.91. The predicted molar refractivity (Wildman–Crippen MR) is 109 cm³/mol. The molecule has 0 unspecified atom stereocenters. The topological polar surface area (TPSA) is 91.0 Å². The zero-order valence-electron chi connectivity index (χ0n) is 15.8. The van der Waals surface area contributed by atoms with Crippen LogP contribution in [-0.2, 0) is 13.6 Å². The lowest BCUT2D eigenvalue weighted by atomic mass is 10.1. The minimum atomic E-state index is -0.414. The molecule has 0 aliphatic rings. The zero-order valence-corrected chi connectivity index (χ0v) is 15.8. The molecule has 8 heteroatoms. The van der Waals surface area contributed by atoms with Gasteiger partial charge in [0.15, 0.2) is 5.69 Å². The van der Waals surface area contributed by atoms with Gasteiger partial charge >= 0.3 is 0 Å². The van der Waals surface area contributed by atoms with E-state index < -0.39 is 5.91 Å². The van der Waals surface area contributed by atoms with Crippen molar-refractivity contribution in [3.8, 4) is 5.75 Å². The van der Waals surface area contributed by atoms with E-state index >= 15 is 0 Å². The number of ether oxygens (including phenoxy) is 1. The van der Waals surface area contributed by atoms with Gasteiger partial charge in [-0.1, -0.05) is 30.3 Å². The molecule has 4 rings (SSSR count). The molecule has 0 saturated carbocycles. The fourth-order valence-electron chi connectivity index (χ4n) is 3.02. The number of amides is 1. The monoisotopic (exact) mass is 389 g/mol. The number of hydrogen-bond donors (Lipinski definition) is 1. The number of hydrogen-bond acceptors (Lipinski definition) is 5. The summed E-state index contributed by atoms with van der Waals surface area (Å²) in [6, 6.07) is 14.1. The standard InChI is InChI=1S/C21H19N5O3/c1-25-21(28)16-7-3-2-6-15(16)19(24-25)20(27)23-17-8-4-5-9-18(17)29-13-12-26-11-10-22-14-26/h2-11,14H,12-13H2,1H3,(H,23,27). The predicted octanol–water partition coefficient (Wildman–Crippen LogP) is 2.46. The largest absolute Gasteiger partial charge is 0.490 e. The molecule has 146 valence electrons. The Morgan fingerprint density at radius 3 is 2.66 bits per heavy atom. The van der Waals surface area contributed by atoms with Gasteiger partial charge in [0.2, 0.25) is 0 Å². The van der Waals surface area contributed by atoms with Gasteiger partial charge in [0.05, 0.1) is 23.9 Å². The van der Waals surface area contributed by atoms with Crippen molar-refractivity contribution in [3.63, 3.8) is 0 Å². The number of aryl methyl sites for hydroxylation is 1. The highest BCUT2D eigenvalue weighted by Gasteiger charge is 2.17. The van der Waals surface area contributed by atoms with Gasteiger partial charge in [0.1, 0.15) is 12.4 Å². The van der Waals surface area contributed by atoms with Gasteiger partial charge in [-0.15, -0.1) is 0 Å². The Hall–Kier alpha value is -3.94. The molecule has 29 heavy (non-hydrogen) atoms. The third kappa shape index (κ3) is 3.86. The number of fused-ring (bicyclic) bond motifs is 1. The minimum Gasteiger partial charge on any atom is -0.490 e. The zero-order chi connectivity index (χ0) is 20.2. The summed E-state index contributed by atoms with van der Waals surface area (Å²) in [5.74, 6) is 0.137. The fraction of sp³-hybridized carbons (Fsp3) is 0.143. The van der Waals surface area contributed by atoms with Crippen LogP contribution in [0.3, 0.4) is 0 Å². The molecule has 0 radical (unpaired) electrons. The van der Waals surface area contributed by atoms with Crippen LogP contribution in [0.4, 0.5) is 5.69 Å². The van der Waals surface area contributed by atoms with Gasteiger partial charge in [-0.2, -0.15) is 5.10 Å². The van der Waals surface area contributed by atoms with E-state index in [1.54, 1.807) is 48.9 Å². The third-order valence-electron chi connectivity index (χ3n) is 4.47. The summed E-state index contributed by atoms with van der Waals surface area (Å²) in [7, 11) is 1.53. The molecule has 0 fully saturated rings. The molecule has 0 spiro atoms. The van der Waals surface area contributed by atoms with Crippen molar-refractivity contribution >= 4 is 22.4 Å². The second kappa shape index (κ2) is 7.97. The number of nitrogens with zero attached hydrogens (tertiary/aromatic N) is 4. The van der Waals surface area contributed by atoms with Crippen LogP contribution >= 0.6 is 0 Å². The highest BCUT2D eigenvalue weighted by Crippen LogP contribution is 2.25. The second-order valence-electron chi connectivity index (χ2n) is 6.42. The Morgan fingerprint density at radius 1 is 1.10 bits per heavy atom. The maximum absolute atomic E-state index is 12.9. The number of imidazole rings is 1. The van der Waals surface area contributed by atoms with E-state index in [1.807, 2.05) is 22.9 Å². The highest BCUT2D eigenvalue weighted by molar-refractivity contribution is 6.11. The van der Waals surface area contributed by atoms with Crippen LogP contribution < -0.4 is 15.6 Å². The van der Waals surface area contributed by atoms with Crippen LogP contribution in [0, 0.1) is 0 Å². The lowest BCUT2D eigenvalue weighted by Gasteiger charge is -2.13. The lowest BCUT2D eigenvalue weighted by molar-refractivity contribution is 0.102.